The lowest BCUT2D eigenvalue weighted by Gasteiger charge is -2.33. The van der Waals surface area contributed by atoms with Crippen LogP contribution in [0.25, 0.3) is 0 Å². The average Bonchev–Trinajstić information content (AvgIpc) is 3.54. The van der Waals surface area contributed by atoms with E-state index in [-0.39, 0.29) is 25.5 Å². The molecule has 0 radical (unpaired) electrons. The van der Waals surface area contributed by atoms with E-state index in [0.29, 0.717) is 22.3 Å². The van der Waals surface area contributed by atoms with Gasteiger partial charge in [-0.3, -0.25) is 4.79 Å². The molecule has 1 amide bonds. The minimum absolute atomic E-state index is 0.0843. The molecule has 0 aromatic heterocycles. The summed E-state index contributed by atoms with van der Waals surface area (Å²) in [7, 11) is 6.95. The van der Waals surface area contributed by atoms with Gasteiger partial charge in [-0.15, -0.1) is 0 Å². The number of rotatable bonds is 16. The van der Waals surface area contributed by atoms with Crippen LogP contribution in [0.15, 0.2) is 48.5 Å². The van der Waals surface area contributed by atoms with Crippen molar-refractivity contribution in [2.75, 3.05) is 26.6 Å². The summed E-state index contributed by atoms with van der Waals surface area (Å²) in [5.41, 5.74) is 1.18. The van der Waals surface area contributed by atoms with Crippen LogP contribution < -0.4 is 9.47 Å². The molecule has 4 unspecified atom stereocenters. The van der Waals surface area contributed by atoms with Crippen molar-refractivity contribution < 1.29 is 38.1 Å². The highest BCUT2D eigenvalue weighted by Gasteiger charge is 2.30. The predicted octanol–water partition coefficient (Wildman–Crippen LogP) is 7.13. The smallest absolute Gasteiger partial charge is 0.413 e. The zero-order valence-electron chi connectivity index (χ0n) is 25.6. The summed E-state index contributed by atoms with van der Waals surface area (Å²) in [4.78, 5) is 40.0. The number of unbranched alkanes of at least 4 members (excludes halogenated alkanes) is 1. The Hall–Kier alpha value is -3.05. The summed E-state index contributed by atoms with van der Waals surface area (Å²) in [6, 6.07) is 13.7. The van der Waals surface area contributed by atoms with Crippen LogP contribution in [0.4, 0.5) is 4.79 Å². The Labute approximate surface area is 262 Å². The van der Waals surface area contributed by atoms with E-state index < -0.39 is 30.4 Å². The fraction of sp³-hybridized carbons (Fsp3) is 0.531. The number of hydrogen-bond acceptors (Lipinski definition) is 10. The molecule has 0 spiro atoms. The molecule has 1 fully saturated rings. The van der Waals surface area contributed by atoms with Crippen LogP contribution in [0.5, 0.6) is 11.5 Å². The molecule has 0 saturated carbocycles. The van der Waals surface area contributed by atoms with Gasteiger partial charge < -0.3 is 28.6 Å². The van der Waals surface area contributed by atoms with E-state index in [4.69, 9.17) is 23.7 Å². The predicted molar refractivity (Wildman–Crippen MR) is 169 cm³/mol. The first-order chi connectivity index (χ1) is 20.7. The number of amides is 1. The standard InChI is InChI=1S/C32H43NO8S2/c1-22(21-39-31(35)25-11-7-6-8-12-25)23(2)33(20-26-15-16-27(37-4)19-29(26)38-5)32(36)41-24(3)40-30(34)14-10-9-13-28-17-18-42-43-28/h6-8,11-12,15-16,19,22-24,28H,9-10,13-14,17-18,20-21H2,1-5H3. The van der Waals surface area contributed by atoms with Crippen LogP contribution in [0.1, 0.15) is 68.8 Å². The normalized spacial score (nSPS) is 16.4. The third-order valence-corrected chi connectivity index (χ3v) is 10.3. The zero-order chi connectivity index (χ0) is 31.2. The van der Waals surface area contributed by atoms with E-state index in [2.05, 4.69) is 0 Å². The fourth-order valence-electron chi connectivity index (χ4n) is 4.54. The highest BCUT2D eigenvalue weighted by molar-refractivity contribution is 8.77. The minimum Gasteiger partial charge on any atom is -0.497 e. The van der Waals surface area contributed by atoms with Crippen molar-refractivity contribution in [1.82, 2.24) is 4.90 Å². The van der Waals surface area contributed by atoms with Gasteiger partial charge in [0.1, 0.15) is 11.5 Å². The van der Waals surface area contributed by atoms with Crippen LogP contribution >= 0.6 is 21.6 Å². The first-order valence-corrected chi connectivity index (χ1v) is 17.0. The van der Waals surface area contributed by atoms with Crippen molar-refractivity contribution in [2.45, 2.75) is 77.0 Å². The van der Waals surface area contributed by atoms with Crippen molar-refractivity contribution in [2.24, 2.45) is 5.92 Å². The first-order valence-electron chi connectivity index (χ1n) is 14.6. The van der Waals surface area contributed by atoms with Crippen LogP contribution in [-0.2, 0) is 25.5 Å². The molecule has 2 aromatic rings. The van der Waals surface area contributed by atoms with Gasteiger partial charge in [-0.05, 0) is 50.5 Å². The molecule has 1 aliphatic heterocycles. The van der Waals surface area contributed by atoms with Gasteiger partial charge in [0, 0.05) is 47.9 Å². The lowest BCUT2D eigenvalue weighted by molar-refractivity contribution is -0.166. The number of hydrogen-bond donors (Lipinski definition) is 0. The summed E-state index contributed by atoms with van der Waals surface area (Å²) in [5, 5.41) is 0.669. The van der Waals surface area contributed by atoms with Gasteiger partial charge in [0.2, 0.25) is 6.29 Å². The number of nitrogens with zero attached hydrogens (tertiary/aromatic N) is 1. The van der Waals surface area contributed by atoms with Gasteiger partial charge in [0.05, 0.1) is 32.9 Å². The molecule has 0 bridgehead atoms. The van der Waals surface area contributed by atoms with E-state index in [0.717, 1.165) is 24.8 Å². The van der Waals surface area contributed by atoms with E-state index in [1.165, 1.54) is 24.0 Å². The molecule has 1 aliphatic rings. The summed E-state index contributed by atoms with van der Waals surface area (Å²) >= 11 is 0. The molecular formula is C32H43NO8S2. The zero-order valence-corrected chi connectivity index (χ0v) is 27.2. The van der Waals surface area contributed by atoms with Gasteiger partial charge in [0.15, 0.2) is 0 Å². The molecule has 236 valence electrons. The van der Waals surface area contributed by atoms with Gasteiger partial charge in [0.25, 0.3) is 0 Å². The van der Waals surface area contributed by atoms with Crippen LogP contribution in [0.3, 0.4) is 0 Å². The number of carbonyl (C=O) groups excluding carboxylic acids is 3. The molecular weight excluding hydrogens is 590 g/mol. The van der Waals surface area contributed by atoms with Crippen molar-refractivity contribution >= 4 is 39.6 Å². The topological polar surface area (TPSA) is 101 Å². The maximum Gasteiger partial charge on any atom is 0.413 e. The van der Waals surface area contributed by atoms with Crippen LogP contribution in [-0.4, -0.2) is 67.1 Å². The van der Waals surface area contributed by atoms with Gasteiger partial charge in [-0.2, -0.15) is 0 Å². The van der Waals surface area contributed by atoms with Crippen molar-refractivity contribution in [3.63, 3.8) is 0 Å². The monoisotopic (exact) mass is 633 g/mol. The Morgan fingerprint density at radius 3 is 2.42 bits per heavy atom. The SMILES string of the molecule is COc1ccc(CN(C(=O)OC(C)OC(=O)CCCCC2CCSS2)C(C)C(C)COC(=O)c2ccccc2)c(OC)c1. The van der Waals surface area contributed by atoms with E-state index in [1.807, 2.05) is 47.6 Å². The first kappa shape index (κ1) is 34.4. The van der Waals surface area contributed by atoms with Gasteiger partial charge in [-0.1, -0.05) is 53.1 Å². The quantitative estimate of drug-likeness (QED) is 0.0821. The largest absolute Gasteiger partial charge is 0.497 e. The maximum absolute atomic E-state index is 13.5. The Balaban J connectivity index is 1.62. The maximum atomic E-state index is 13.5. The second-order valence-electron chi connectivity index (χ2n) is 10.5. The fourth-order valence-corrected chi connectivity index (χ4v) is 7.56. The molecule has 11 heteroatoms. The second kappa shape index (κ2) is 17.9. The van der Waals surface area contributed by atoms with Gasteiger partial charge >= 0.3 is 18.0 Å². The summed E-state index contributed by atoms with van der Waals surface area (Å²) in [5.74, 6) is 1.27. The van der Waals surface area contributed by atoms with E-state index >= 15 is 0 Å². The summed E-state index contributed by atoms with van der Waals surface area (Å²) in [6.07, 6.45) is 2.56. The van der Waals surface area contributed by atoms with E-state index in [9.17, 15) is 14.4 Å². The molecule has 0 aliphatic carbocycles. The number of carbonyl (C=O) groups is 3. The molecule has 4 atom stereocenters. The molecule has 0 N–H and O–H groups in total. The van der Waals surface area contributed by atoms with Gasteiger partial charge in [-0.25, -0.2) is 9.59 Å². The molecule has 3 rings (SSSR count). The molecule has 9 nitrogen and oxygen atoms in total. The van der Waals surface area contributed by atoms with Crippen molar-refractivity contribution in [1.29, 1.82) is 0 Å². The lowest BCUT2D eigenvalue weighted by Crippen LogP contribution is -2.44. The number of ether oxygens (including phenoxy) is 5. The summed E-state index contributed by atoms with van der Waals surface area (Å²) < 4.78 is 27.4. The third kappa shape index (κ3) is 11.2. The highest BCUT2D eigenvalue weighted by Crippen LogP contribution is 2.40. The lowest BCUT2D eigenvalue weighted by atomic mass is 10.0. The molecule has 43 heavy (non-hydrogen) atoms. The Morgan fingerprint density at radius 1 is 0.977 bits per heavy atom. The Bertz CT molecular complexity index is 1180. The third-order valence-electron chi connectivity index (χ3n) is 7.32. The number of benzene rings is 2. The van der Waals surface area contributed by atoms with Crippen LogP contribution in [0.2, 0.25) is 0 Å². The molecule has 1 heterocycles. The Morgan fingerprint density at radius 2 is 1.74 bits per heavy atom. The van der Waals surface area contributed by atoms with Crippen molar-refractivity contribution in [3.8, 4) is 11.5 Å². The molecule has 2 aromatic carbocycles. The van der Waals surface area contributed by atoms with E-state index in [1.54, 1.807) is 50.6 Å². The highest BCUT2D eigenvalue weighted by atomic mass is 33.1. The van der Waals surface area contributed by atoms with Crippen molar-refractivity contribution in [3.05, 3.63) is 59.7 Å². The second-order valence-corrected chi connectivity index (χ2v) is 13.3. The van der Waals surface area contributed by atoms with Crippen LogP contribution in [0, 0.1) is 5.92 Å². The molecule has 1 saturated heterocycles. The average molecular weight is 634 g/mol. The summed E-state index contributed by atoms with van der Waals surface area (Å²) in [6.45, 7) is 5.50. The number of esters is 2. The Kier molecular flexibility index (Phi) is 14.4. The minimum atomic E-state index is -1.07. The number of methoxy groups -OCH3 is 2.